The minimum atomic E-state index is -0.284. The normalized spacial score (nSPS) is 20.5. The molecule has 1 unspecified atom stereocenters. The van der Waals surface area contributed by atoms with Crippen molar-refractivity contribution in [1.29, 1.82) is 0 Å². The van der Waals surface area contributed by atoms with Crippen LogP contribution in [-0.4, -0.2) is 67.3 Å². The van der Waals surface area contributed by atoms with Crippen molar-refractivity contribution in [2.24, 2.45) is 17.8 Å². The molecule has 208 valence electrons. The third-order valence-electron chi connectivity index (χ3n) is 7.19. The van der Waals surface area contributed by atoms with Crippen LogP contribution in [0.25, 0.3) is 0 Å². The van der Waals surface area contributed by atoms with E-state index in [1.165, 1.54) is 0 Å². The first kappa shape index (κ1) is 29.4. The van der Waals surface area contributed by atoms with Crippen LogP contribution in [-0.2, 0) is 27.5 Å². The molecule has 1 saturated carbocycles. The van der Waals surface area contributed by atoms with Gasteiger partial charge in [-0.05, 0) is 61.3 Å². The molecule has 1 aromatic rings. The average Bonchev–Trinajstić information content (AvgIpc) is 3.74. The topological polar surface area (TPSA) is 100 Å². The van der Waals surface area contributed by atoms with Crippen LogP contribution in [0.1, 0.15) is 70.4 Å². The second-order valence-corrected chi connectivity index (χ2v) is 11.1. The van der Waals surface area contributed by atoms with Gasteiger partial charge in [0.05, 0.1) is 38.2 Å². The Bertz CT molecular complexity index is 873. The lowest BCUT2D eigenvalue weighted by molar-refractivity contribution is -0.139. The minimum Gasteiger partial charge on any atom is -0.497 e. The maximum atomic E-state index is 13.7. The number of nitrogens with zero attached hydrogens (tertiary/aromatic N) is 1. The first-order valence-electron chi connectivity index (χ1n) is 14.0. The molecule has 0 radical (unpaired) electrons. The third kappa shape index (κ3) is 9.27. The van der Waals surface area contributed by atoms with Crippen LogP contribution in [0, 0.1) is 17.8 Å². The second kappa shape index (κ2) is 14.7. The van der Waals surface area contributed by atoms with Crippen LogP contribution in [0.4, 0.5) is 0 Å². The van der Waals surface area contributed by atoms with Gasteiger partial charge in [-0.1, -0.05) is 33.3 Å². The van der Waals surface area contributed by atoms with E-state index in [9.17, 15) is 14.7 Å². The van der Waals surface area contributed by atoms with Gasteiger partial charge in [-0.2, -0.15) is 0 Å². The summed E-state index contributed by atoms with van der Waals surface area (Å²) in [5, 5.41) is 16.0. The minimum absolute atomic E-state index is 0.0753. The number of piperidine rings is 1. The fraction of sp³-hybridized carbons (Fsp3) is 0.724. The number of amides is 2. The van der Waals surface area contributed by atoms with E-state index in [-0.39, 0.29) is 42.3 Å². The van der Waals surface area contributed by atoms with Gasteiger partial charge in [-0.25, -0.2) is 0 Å². The predicted molar refractivity (Wildman–Crippen MR) is 144 cm³/mol. The van der Waals surface area contributed by atoms with Crippen LogP contribution >= 0.6 is 0 Å². The van der Waals surface area contributed by atoms with Gasteiger partial charge in [-0.3, -0.25) is 9.59 Å². The molecule has 0 aromatic heterocycles. The van der Waals surface area contributed by atoms with Crippen molar-refractivity contribution in [2.75, 3.05) is 33.4 Å². The van der Waals surface area contributed by atoms with Gasteiger partial charge in [0.15, 0.2) is 0 Å². The van der Waals surface area contributed by atoms with Crippen LogP contribution in [0.3, 0.4) is 0 Å². The number of aliphatic hydroxyl groups excluding tert-OH is 1. The highest BCUT2D eigenvalue weighted by molar-refractivity contribution is 5.83. The van der Waals surface area contributed by atoms with Crippen molar-refractivity contribution in [2.45, 2.75) is 84.5 Å². The summed E-state index contributed by atoms with van der Waals surface area (Å²) in [6.07, 6.45) is 5.41. The van der Waals surface area contributed by atoms with Gasteiger partial charge in [-0.15, -0.1) is 0 Å². The number of aliphatic hydroxyl groups is 1. The molecule has 37 heavy (non-hydrogen) atoms. The fourth-order valence-corrected chi connectivity index (χ4v) is 5.06. The zero-order valence-corrected chi connectivity index (χ0v) is 23.1. The van der Waals surface area contributed by atoms with E-state index in [4.69, 9.17) is 9.47 Å². The molecule has 1 aliphatic heterocycles. The van der Waals surface area contributed by atoms with Crippen LogP contribution < -0.4 is 15.4 Å². The van der Waals surface area contributed by atoms with Gasteiger partial charge >= 0.3 is 0 Å². The summed E-state index contributed by atoms with van der Waals surface area (Å²) in [5.41, 5.74) is 2.08. The van der Waals surface area contributed by atoms with E-state index < -0.39 is 0 Å². The molecule has 3 N–H and O–H groups in total. The van der Waals surface area contributed by atoms with Gasteiger partial charge in [0, 0.05) is 32.3 Å². The van der Waals surface area contributed by atoms with Gasteiger partial charge < -0.3 is 30.1 Å². The molecular formula is C29H47N3O5. The Morgan fingerprint density at radius 2 is 1.89 bits per heavy atom. The summed E-state index contributed by atoms with van der Waals surface area (Å²) >= 11 is 0. The SMILES string of the molecule is CCCCOCc1cc(CN(C(=O)[C@H]2CNC[C@@H](C(=O)NC(CO)CC(C)C)C2)C2CC2)cc(OC)c1. The number of carbonyl (C=O) groups excluding carboxylic acids is 2. The predicted octanol–water partition coefficient (Wildman–Crippen LogP) is 3.25. The average molecular weight is 518 g/mol. The quantitative estimate of drug-likeness (QED) is 0.309. The van der Waals surface area contributed by atoms with Crippen molar-refractivity contribution in [3.05, 3.63) is 29.3 Å². The zero-order valence-electron chi connectivity index (χ0n) is 23.1. The van der Waals surface area contributed by atoms with Crippen LogP contribution in [0.5, 0.6) is 5.75 Å². The smallest absolute Gasteiger partial charge is 0.227 e. The second-order valence-electron chi connectivity index (χ2n) is 11.1. The Morgan fingerprint density at radius 3 is 2.54 bits per heavy atom. The van der Waals surface area contributed by atoms with Crippen molar-refractivity contribution in [3.8, 4) is 5.75 Å². The number of nitrogens with one attached hydrogen (secondary N) is 2. The molecule has 2 aliphatic rings. The Balaban J connectivity index is 1.65. The number of rotatable bonds is 15. The van der Waals surface area contributed by atoms with Gasteiger partial charge in [0.25, 0.3) is 0 Å². The molecular weight excluding hydrogens is 470 g/mol. The summed E-state index contributed by atoms with van der Waals surface area (Å²) in [7, 11) is 1.66. The van der Waals surface area contributed by atoms with E-state index in [2.05, 4.69) is 37.5 Å². The van der Waals surface area contributed by atoms with Crippen molar-refractivity contribution in [1.82, 2.24) is 15.5 Å². The van der Waals surface area contributed by atoms with Crippen molar-refractivity contribution < 1.29 is 24.2 Å². The first-order chi connectivity index (χ1) is 17.8. The third-order valence-corrected chi connectivity index (χ3v) is 7.19. The van der Waals surface area contributed by atoms with Crippen molar-refractivity contribution >= 4 is 11.8 Å². The van der Waals surface area contributed by atoms with Gasteiger partial charge in [0.2, 0.25) is 11.8 Å². The fourth-order valence-electron chi connectivity index (χ4n) is 5.06. The Labute approximate surface area is 222 Å². The lowest BCUT2D eigenvalue weighted by atomic mass is 9.88. The van der Waals surface area contributed by atoms with E-state index in [0.717, 1.165) is 55.6 Å². The van der Waals surface area contributed by atoms with E-state index in [0.29, 0.717) is 38.6 Å². The number of hydrogen-bond acceptors (Lipinski definition) is 6. The molecule has 2 fully saturated rings. The summed E-state index contributed by atoms with van der Waals surface area (Å²) < 4.78 is 11.3. The Hall–Kier alpha value is -2.16. The molecule has 1 heterocycles. The summed E-state index contributed by atoms with van der Waals surface area (Å²) in [6.45, 7) is 9.13. The highest BCUT2D eigenvalue weighted by atomic mass is 16.5. The number of carbonyl (C=O) groups is 2. The highest BCUT2D eigenvalue weighted by Gasteiger charge is 2.39. The molecule has 2 amide bonds. The molecule has 1 aromatic carbocycles. The molecule has 1 aliphatic carbocycles. The number of ether oxygens (including phenoxy) is 2. The first-order valence-corrected chi connectivity index (χ1v) is 14.0. The lowest BCUT2D eigenvalue weighted by Gasteiger charge is -2.33. The zero-order chi connectivity index (χ0) is 26.8. The standard InChI is InChI=1S/C29H47N3O5/c1-5-6-9-37-19-22-11-21(12-27(13-22)36-4)17-32(26-7-8-26)29(35)24-14-23(15-30-16-24)28(34)31-25(18-33)10-20(2)3/h11-13,20,23-26,30,33H,5-10,14-19H2,1-4H3,(H,31,34)/t23-,24+,25?/m0/s1. The number of hydrogen-bond donors (Lipinski definition) is 3. The lowest BCUT2D eigenvalue weighted by Crippen LogP contribution is -2.51. The maximum absolute atomic E-state index is 13.7. The molecule has 8 heteroatoms. The number of methoxy groups -OCH3 is 1. The number of unbranched alkanes of at least 4 members (excludes halogenated alkanes) is 1. The van der Waals surface area contributed by atoms with Crippen LogP contribution in [0.15, 0.2) is 18.2 Å². The van der Waals surface area contributed by atoms with Gasteiger partial charge in [0.1, 0.15) is 5.75 Å². The molecule has 3 rings (SSSR count). The highest BCUT2D eigenvalue weighted by Crippen LogP contribution is 2.32. The maximum Gasteiger partial charge on any atom is 0.227 e. The Morgan fingerprint density at radius 1 is 1.16 bits per heavy atom. The number of benzene rings is 1. The summed E-state index contributed by atoms with van der Waals surface area (Å²) in [6, 6.07) is 6.10. The summed E-state index contributed by atoms with van der Waals surface area (Å²) in [4.78, 5) is 28.7. The van der Waals surface area contributed by atoms with E-state index in [1.807, 2.05) is 17.0 Å². The van der Waals surface area contributed by atoms with Crippen LogP contribution in [0.2, 0.25) is 0 Å². The molecule has 0 bridgehead atoms. The monoisotopic (exact) mass is 517 g/mol. The summed E-state index contributed by atoms with van der Waals surface area (Å²) in [5.74, 6) is 0.646. The largest absolute Gasteiger partial charge is 0.497 e. The Kier molecular flexibility index (Phi) is 11.7. The van der Waals surface area contributed by atoms with E-state index >= 15 is 0 Å². The van der Waals surface area contributed by atoms with Crippen molar-refractivity contribution in [3.63, 3.8) is 0 Å². The molecule has 3 atom stereocenters. The van der Waals surface area contributed by atoms with E-state index in [1.54, 1.807) is 7.11 Å². The molecule has 0 spiro atoms. The molecule has 8 nitrogen and oxygen atoms in total. The molecule has 1 saturated heterocycles.